The maximum atomic E-state index is 12.8. The Balaban J connectivity index is 2.59. The minimum atomic E-state index is 0.0509. The average molecular weight is 321 g/mol. The highest BCUT2D eigenvalue weighted by Crippen LogP contribution is 2.28. The maximum absolute atomic E-state index is 12.8. The van der Waals surface area contributed by atoms with E-state index in [0.717, 1.165) is 25.8 Å². The molecule has 2 aromatic heterocycles. The van der Waals surface area contributed by atoms with Crippen molar-refractivity contribution in [1.29, 1.82) is 5.26 Å². The maximum Gasteiger partial charge on any atom is 0.263 e. The summed E-state index contributed by atoms with van der Waals surface area (Å²) in [6, 6.07) is 2.13. The van der Waals surface area contributed by atoms with Crippen LogP contribution in [0.1, 0.15) is 30.7 Å². The van der Waals surface area contributed by atoms with Gasteiger partial charge in [0.05, 0.1) is 11.5 Å². The zero-order valence-electron chi connectivity index (χ0n) is 12.8. The molecule has 6 heteroatoms. The molecule has 2 rings (SSSR count). The lowest BCUT2D eigenvalue weighted by Gasteiger charge is -2.13. The highest BCUT2D eigenvalue weighted by Gasteiger charge is 2.17. The van der Waals surface area contributed by atoms with E-state index in [1.54, 1.807) is 15.9 Å². The summed E-state index contributed by atoms with van der Waals surface area (Å²) >= 11 is 3.06. The lowest BCUT2D eigenvalue weighted by molar-refractivity contribution is 0.475. The lowest BCUT2D eigenvalue weighted by atomic mass is 10.2. The first-order chi connectivity index (χ1) is 9.95. The SMILES string of the molecule is Cc1sc2nc(SCCC#N)n(CC(C)C)c(=O)c2c1C. The van der Waals surface area contributed by atoms with Gasteiger partial charge in [-0.3, -0.25) is 9.36 Å². The van der Waals surface area contributed by atoms with E-state index in [2.05, 4.69) is 24.9 Å². The van der Waals surface area contributed by atoms with E-state index in [1.807, 2.05) is 13.8 Å². The average Bonchev–Trinajstić information content (AvgIpc) is 2.69. The van der Waals surface area contributed by atoms with E-state index < -0.39 is 0 Å². The van der Waals surface area contributed by atoms with E-state index >= 15 is 0 Å². The van der Waals surface area contributed by atoms with Crippen molar-refractivity contribution in [2.24, 2.45) is 5.92 Å². The Labute approximate surface area is 132 Å². The Morgan fingerprint density at radius 3 is 2.76 bits per heavy atom. The first-order valence-corrected chi connectivity index (χ1v) is 8.76. The van der Waals surface area contributed by atoms with Crippen LogP contribution in [0, 0.1) is 31.1 Å². The molecule has 0 saturated carbocycles. The van der Waals surface area contributed by atoms with Gasteiger partial charge in [0, 0.05) is 23.6 Å². The quantitative estimate of drug-likeness (QED) is 0.478. The van der Waals surface area contributed by atoms with Crippen molar-refractivity contribution >= 4 is 33.3 Å². The van der Waals surface area contributed by atoms with Crippen molar-refractivity contribution in [2.75, 3.05) is 5.75 Å². The molecule has 0 spiro atoms. The molecule has 21 heavy (non-hydrogen) atoms. The molecular weight excluding hydrogens is 302 g/mol. The molecule has 2 heterocycles. The van der Waals surface area contributed by atoms with Crippen molar-refractivity contribution in [2.45, 2.75) is 45.8 Å². The van der Waals surface area contributed by atoms with Gasteiger partial charge in [-0.25, -0.2) is 4.98 Å². The number of rotatable bonds is 5. The van der Waals surface area contributed by atoms with Crippen LogP contribution in [0.5, 0.6) is 0 Å². The fraction of sp³-hybridized carbons (Fsp3) is 0.533. The zero-order valence-corrected chi connectivity index (χ0v) is 14.4. The van der Waals surface area contributed by atoms with Crippen LogP contribution in [0.25, 0.3) is 10.2 Å². The third kappa shape index (κ3) is 3.30. The van der Waals surface area contributed by atoms with Gasteiger partial charge in [-0.2, -0.15) is 5.26 Å². The van der Waals surface area contributed by atoms with Crippen LogP contribution in [0.3, 0.4) is 0 Å². The molecule has 0 amide bonds. The summed E-state index contributed by atoms with van der Waals surface area (Å²) in [7, 11) is 0. The topological polar surface area (TPSA) is 58.7 Å². The second-order valence-electron chi connectivity index (χ2n) is 5.42. The largest absolute Gasteiger partial charge is 0.287 e. The monoisotopic (exact) mass is 321 g/mol. The predicted molar refractivity (Wildman–Crippen MR) is 89.1 cm³/mol. The van der Waals surface area contributed by atoms with Crippen molar-refractivity contribution in [3.8, 4) is 6.07 Å². The minimum Gasteiger partial charge on any atom is -0.287 e. The molecule has 0 bridgehead atoms. The molecule has 4 nitrogen and oxygen atoms in total. The molecule has 0 unspecified atom stereocenters. The van der Waals surface area contributed by atoms with Gasteiger partial charge < -0.3 is 0 Å². The standard InChI is InChI=1S/C15H19N3OS2/c1-9(2)8-18-14(19)12-10(3)11(4)21-13(12)17-15(18)20-7-5-6-16/h9H,5,7-8H2,1-4H3. The van der Waals surface area contributed by atoms with Gasteiger partial charge in [0.25, 0.3) is 5.56 Å². The van der Waals surface area contributed by atoms with E-state index in [1.165, 1.54) is 11.8 Å². The third-order valence-electron chi connectivity index (χ3n) is 3.25. The predicted octanol–water partition coefficient (Wildman–Crippen LogP) is 3.74. The Morgan fingerprint density at radius 2 is 2.14 bits per heavy atom. The smallest absolute Gasteiger partial charge is 0.263 e. The highest BCUT2D eigenvalue weighted by atomic mass is 32.2. The molecule has 0 aromatic carbocycles. The number of nitrogens with zero attached hydrogens (tertiary/aromatic N) is 3. The number of aryl methyl sites for hydroxylation is 2. The number of aromatic nitrogens is 2. The molecule has 0 saturated heterocycles. The summed E-state index contributed by atoms with van der Waals surface area (Å²) in [5, 5.41) is 10.2. The van der Waals surface area contributed by atoms with Crippen molar-refractivity contribution < 1.29 is 0 Å². The van der Waals surface area contributed by atoms with Crippen LogP contribution in [-0.4, -0.2) is 15.3 Å². The minimum absolute atomic E-state index is 0.0509. The van der Waals surface area contributed by atoms with Crippen LogP contribution < -0.4 is 5.56 Å². The summed E-state index contributed by atoms with van der Waals surface area (Å²) in [5.41, 5.74) is 1.09. The van der Waals surface area contributed by atoms with Crippen LogP contribution in [-0.2, 0) is 6.54 Å². The van der Waals surface area contributed by atoms with Crippen LogP contribution in [0.4, 0.5) is 0 Å². The van der Waals surface area contributed by atoms with Crippen LogP contribution in [0.15, 0.2) is 9.95 Å². The van der Waals surface area contributed by atoms with Crippen molar-refractivity contribution in [3.63, 3.8) is 0 Å². The van der Waals surface area contributed by atoms with Gasteiger partial charge in [0.15, 0.2) is 5.16 Å². The first kappa shape index (κ1) is 16.1. The second-order valence-corrected chi connectivity index (χ2v) is 7.69. The lowest BCUT2D eigenvalue weighted by Crippen LogP contribution is -2.25. The Bertz CT molecular complexity index is 753. The van der Waals surface area contributed by atoms with E-state index in [-0.39, 0.29) is 5.56 Å². The highest BCUT2D eigenvalue weighted by molar-refractivity contribution is 7.99. The molecule has 0 aliphatic heterocycles. The van der Waals surface area contributed by atoms with Crippen LogP contribution in [0.2, 0.25) is 0 Å². The zero-order chi connectivity index (χ0) is 15.6. The summed E-state index contributed by atoms with van der Waals surface area (Å²) in [4.78, 5) is 19.4. The molecule has 0 radical (unpaired) electrons. The van der Waals surface area contributed by atoms with Crippen molar-refractivity contribution in [3.05, 3.63) is 20.8 Å². The fourth-order valence-corrected chi connectivity index (χ4v) is 4.06. The summed E-state index contributed by atoms with van der Waals surface area (Å²) < 4.78 is 1.77. The number of nitriles is 1. The van der Waals surface area contributed by atoms with Gasteiger partial charge in [-0.1, -0.05) is 25.6 Å². The molecule has 2 aromatic rings. The van der Waals surface area contributed by atoms with Gasteiger partial charge >= 0.3 is 0 Å². The Kier molecular flexibility index (Phi) is 5.07. The molecule has 0 fully saturated rings. The van der Waals surface area contributed by atoms with Gasteiger partial charge in [0.2, 0.25) is 0 Å². The van der Waals surface area contributed by atoms with Crippen LogP contribution >= 0.6 is 23.1 Å². The molecule has 0 aliphatic rings. The number of thioether (sulfide) groups is 1. The molecular formula is C15H19N3OS2. The van der Waals surface area contributed by atoms with Gasteiger partial charge in [-0.15, -0.1) is 11.3 Å². The summed E-state index contributed by atoms with van der Waals surface area (Å²) in [6.45, 7) is 8.85. The van der Waals surface area contributed by atoms with Crippen molar-refractivity contribution in [1.82, 2.24) is 9.55 Å². The Morgan fingerprint density at radius 1 is 1.43 bits per heavy atom. The number of fused-ring (bicyclic) bond motifs is 1. The third-order valence-corrected chi connectivity index (χ3v) is 5.33. The van der Waals surface area contributed by atoms with Gasteiger partial charge in [-0.05, 0) is 25.3 Å². The molecule has 0 aliphatic carbocycles. The number of thiophene rings is 1. The number of hydrogen-bond acceptors (Lipinski definition) is 5. The second kappa shape index (κ2) is 6.63. The normalized spacial score (nSPS) is 11.2. The molecule has 112 valence electrons. The fourth-order valence-electron chi connectivity index (χ4n) is 2.13. The summed E-state index contributed by atoms with van der Waals surface area (Å²) in [6.07, 6.45) is 0.461. The molecule has 0 N–H and O–H groups in total. The molecule has 0 atom stereocenters. The summed E-state index contributed by atoms with van der Waals surface area (Å²) in [5.74, 6) is 1.04. The van der Waals surface area contributed by atoms with E-state index in [4.69, 9.17) is 5.26 Å². The van der Waals surface area contributed by atoms with E-state index in [0.29, 0.717) is 24.6 Å². The number of hydrogen-bond donors (Lipinski definition) is 0. The first-order valence-electron chi connectivity index (χ1n) is 6.96. The van der Waals surface area contributed by atoms with Gasteiger partial charge in [0.1, 0.15) is 4.83 Å². The Hall–Kier alpha value is -1.32. The van der Waals surface area contributed by atoms with E-state index in [9.17, 15) is 4.79 Å².